The van der Waals surface area contributed by atoms with Gasteiger partial charge in [0.2, 0.25) is 0 Å². The highest BCUT2D eigenvalue weighted by atomic mass is 16.5. The number of carbonyl (C=O) groups is 1. The van der Waals surface area contributed by atoms with E-state index in [-0.39, 0.29) is 11.9 Å². The second-order valence-electron chi connectivity index (χ2n) is 6.77. The number of carbonyl (C=O) groups excluding carboxylic acids is 1. The van der Waals surface area contributed by atoms with Crippen molar-refractivity contribution in [1.82, 2.24) is 19.7 Å². The Morgan fingerprint density at radius 2 is 1.93 bits per heavy atom. The van der Waals surface area contributed by atoms with E-state index >= 15 is 0 Å². The van der Waals surface area contributed by atoms with Gasteiger partial charge in [0.1, 0.15) is 12.4 Å². The monoisotopic (exact) mass is 370 g/mol. The SMILES string of the molecule is O=C(N[C@H]1COc2ccccc2C1)c1nc2cnccn2c1-c1ccccc1. The molecule has 2 aromatic heterocycles. The maximum Gasteiger partial charge on any atom is 0.272 e. The molecule has 3 heterocycles. The van der Waals surface area contributed by atoms with Gasteiger partial charge in [-0.2, -0.15) is 0 Å². The number of hydrogen-bond acceptors (Lipinski definition) is 4. The summed E-state index contributed by atoms with van der Waals surface area (Å²) in [5.41, 5.74) is 3.81. The van der Waals surface area contributed by atoms with Crippen molar-refractivity contribution >= 4 is 11.6 Å². The van der Waals surface area contributed by atoms with Crippen LogP contribution in [0.3, 0.4) is 0 Å². The van der Waals surface area contributed by atoms with Crippen LogP contribution in [0.1, 0.15) is 16.1 Å². The summed E-state index contributed by atoms with van der Waals surface area (Å²) in [6, 6.07) is 17.6. The fraction of sp³-hybridized carbons (Fsp3) is 0.136. The molecule has 0 unspecified atom stereocenters. The van der Waals surface area contributed by atoms with E-state index in [0.717, 1.165) is 29.0 Å². The largest absolute Gasteiger partial charge is 0.491 e. The molecule has 1 amide bonds. The van der Waals surface area contributed by atoms with Gasteiger partial charge in [0.15, 0.2) is 11.3 Å². The lowest BCUT2D eigenvalue weighted by Gasteiger charge is -2.25. The van der Waals surface area contributed by atoms with Crippen molar-refractivity contribution in [2.45, 2.75) is 12.5 Å². The Kier molecular flexibility index (Phi) is 4.01. The van der Waals surface area contributed by atoms with Crippen molar-refractivity contribution in [3.63, 3.8) is 0 Å². The summed E-state index contributed by atoms with van der Waals surface area (Å²) in [7, 11) is 0. The molecule has 0 bridgehead atoms. The summed E-state index contributed by atoms with van der Waals surface area (Å²) in [5.74, 6) is 0.673. The smallest absolute Gasteiger partial charge is 0.272 e. The molecule has 0 fully saturated rings. The quantitative estimate of drug-likeness (QED) is 0.602. The molecule has 0 spiro atoms. The standard InChI is InChI=1S/C22H18N4O2/c27-22(24-17-12-16-8-4-5-9-18(16)28-14-17)20-21(15-6-2-1-3-7-15)26-11-10-23-13-19(26)25-20/h1-11,13,17H,12,14H2,(H,24,27)/t17-/m1/s1. The predicted octanol–water partition coefficient (Wildman–Crippen LogP) is 3.13. The van der Waals surface area contributed by atoms with Crippen LogP contribution < -0.4 is 10.1 Å². The number of hydrogen-bond donors (Lipinski definition) is 1. The molecule has 0 radical (unpaired) electrons. The van der Waals surface area contributed by atoms with Gasteiger partial charge < -0.3 is 10.1 Å². The lowest BCUT2D eigenvalue weighted by Crippen LogP contribution is -2.43. The van der Waals surface area contributed by atoms with E-state index < -0.39 is 0 Å². The average Bonchev–Trinajstić information content (AvgIpc) is 3.14. The third kappa shape index (κ3) is 2.89. The molecule has 1 atom stereocenters. The zero-order chi connectivity index (χ0) is 18.9. The van der Waals surface area contributed by atoms with Gasteiger partial charge >= 0.3 is 0 Å². The van der Waals surface area contributed by atoms with Crippen molar-refractivity contribution in [3.05, 3.63) is 84.4 Å². The van der Waals surface area contributed by atoms with Gasteiger partial charge in [-0.25, -0.2) is 4.98 Å². The lowest BCUT2D eigenvalue weighted by molar-refractivity contribution is 0.0911. The molecule has 6 heteroatoms. The zero-order valence-corrected chi connectivity index (χ0v) is 15.1. The van der Waals surface area contributed by atoms with Crippen LogP contribution in [0.15, 0.2) is 73.2 Å². The molecule has 0 saturated heterocycles. The fourth-order valence-corrected chi connectivity index (χ4v) is 3.61. The topological polar surface area (TPSA) is 68.5 Å². The number of fused-ring (bicyclic) bond motifs is 2. The molecule has 2 aromatic carbocycles. The molecule has 0 aliphatic carbocycles. The molecular weight excluding hydrogens is 352 g/mol. The third-order valence-corrected chi connectivity index (χ3v) is 4.91. The van der Waals surface area contributed by atoms with Gasteiger partial charge in [0.05, 0.1) is 17.9 Å². The van der Waals surface area contributed by atoms with Crippen molar-refractivity contribution < 1.29 is 9.53 Å². The van der Waals surface area contributed by atoms with Gasteiger partial charge in [-0.15, -0.1) is 0 Å². The van der Waals surface area contributed by atoms with Gasteiger partial charge in [-0.1, -0.05) is 48.5 Å². The number of para-hydroxylation sites is 1. The van der Waals surface area contributed by atoms with Crippen LogP contribution in [-0.2, 0) is 6.42 Å². The van der Waals surface area contributed by atoms with E-state index in [2.05, 4.69) is 15.3 Å². The summed E-state index contributed by atoms with van der Waals surface area (Å²) >= 11 is 0. The highest BCUT2D eigenvalue weighted by Crippen LogP contribution is 2.26. The minimum Gasteiger partial charge on any atom is -0.491 e. The second-order valence-corrected chi connectivity index (χ2v) is 6.77. The van der Waals surface area contributed by atoms with Crippen LogP contribution in [0.25, 0.3) is 16.9 Å². The van der Waals surface area contributed by atoms with E-state index in [0.29, 0.717) is 17.9 Å². The molecule has 0 saturated carbocycles. The van der Waals surface area contributed by atoms with Crippen molar-refractivity contribution in [2.75, 3.05) is 6.61 Å². The maximum atomic E-state index is 13.1. The van der Waals surface area contributed by atoms with E-state index in [1.54, 1.807) is 12.4 Å². The lowest BCUT2D eigenvalue weighted by atomic mass is 10.0. The number of imidazole rings is 1. The first kappa shape index (κ1) is 16.5. The maximum absolute atomic E-state index is 13.1. The molecule has 1 aliphatic rings. The fourth-order valence-electron chi connectivity index (χ4n) is 3.61. The number of nitrogens with zero attached hydrogens (tertiary/aromatic N) is 3. The van der Waals surface area contributed by atoms with Gasteiger partial charge in [-0.3, -0.25) is 14.2 Å². The predicted molar refractivity (Wildman–Crippen MR) is 105 cm³/mol. The Balaban J connectivity index is 1.49. The van der Waals surface area contributed by atoms with Crippen LogP contribution >= 0.6 is 0 Å². The molecule has 1 N–H and O–H groups in total. The highest BCUT2D eigenvalue weighted by Gasteiger charge is 2.25. The van der Waals surface area contributed by atoms with E-state index in [1.165, 1.54) is 0 Å². The Bertz CT molecular complexity index is 1150. The Hall–Kier alpha value is -3.67. The number of aromatic nitrogens is 3. The minimum absolute atomic E-state index is 0.103. The van der Waals surface area contributed by atoms with E-state index in [9.17, 15) is 4.79 Å². The zero-order valence-electron chi connectivity index (χ0n) is 15.1. The van der Waals surface area contributed by atoms with Crippen molar-refractivity contribution in [2.24, 2.45) is 0 Å². The Labute approximate surface area is 161 Å². The molecule has 5 rings (SSSR count). The number of nitrogens with one attached hydrogen (secondary N) is 1. The molecule has 6 nitrogen and oxygen atoms in total. The first-order valence-corrected chi connectivity index (χ1v) is 9.18. The number of benzene rings is 2. The van der Waals surface area contributed by atoms with Gasteiger partial charge in [0.25, 0.3) is 5.91 Å². The van der Waals surface area contributed by atoms with Crippen LogP contribution in [0.2, 0.25) is 0 Å². The highest BCUT2D eigenvalue weighted by molar-refractivity contribution is 5.99. The number of rotatable bonds is 3. The van der Waals surface area contributed by atoms with E-state index in [4.69, 9.17) is 4.74 Å². The number of ether oxygens (including phenoxy) is 1. The van der Waals surface area contributed by atoms with Crippen LogP contribution in [0.4, 0.5) is 0 Å². The molecule has 1 aliphatic heterocycles. The van der Waals surface area contributed by atoms with E-state index in [1.807, 2.05) is 65.2 Å². The summed E-state index contributed by atoms with van der Waals surface area (Å²) in [5, 5.41) is 3.09. The molecule has 138 valence electrons. The van der Waals surface area contributed by atoms with Gasteiger partial charge in [-0.05, 0) is 18.1 Å². The van der Waals surface area contributed by atoms with Crippen LogP contribution in [0.5, 0.6) is 5.75 Å². The number of amides is 1. The Morgan fingerprint density at radius 3 is 2.82 bits per heavy atom. The summed E-state index contributed by atoms with van der Waals surface area (Å²) in [6.07, 6.45) is 5.90. The summed E-state index contributed by atoms with van der Waals surface area (Å²) in [4.78, 5) is 21.8. The third-order valence-electron chi connectivity index (χ3n) is 4.91. The normalized spacial score (nSPS) is 15.6. The first-order valence-electron chi connectivity index (χ1n) is 9.18. The molecule has 4 aromatic rings. The van der Waals surface area contributed by atoms with Crippen molar-refractivity contribution in [3.8, 4) is 17.0 Å². The van der Waals surface area contributed by atoms with Gasteiger partial charge in [0, 0.05) is 18.0 Å². The summed E-state index contributed by atoms with van der Waals surface area (Å²) in [6.45, 7) is 0.443. The minimum atomic E-state index is -0.212. The van der Waals surface area contributed by atoms with Crippen LogP contribution in [0, 0.1) is 0 Å². The molecular formula is C22H18N4O2. The first-order chi connectivity index (χ1) is 13.8. The molecule has 28 heavy (non-hydrogen) atoms. The van der Waals surface area contributed by atoms with Crippen LogP contribution in [-0.4, -0.2) is 32.9 Å². The van der Waals surface area contributed by atoms with Crippen molar-refractivity contribution in [1.29, 1.82) is 0 Å². The Morgan fingerprint density at radius 1 is 1.11 bits per heavy atom. The average molecular weight is 370 g/mol. The summed E-state index contributed by atoms with van der Waals surface area (Å²) < 4.78 is 7.69. The second kappa shape index (κ2) is 6.81.